The molecule has 0 fully saturated rings. The van der Waals surface area contributed by atoms with Gasteiger partial charge in [0.25, 0.3) is 15.9 Å². The molecule has 0 radical (unpaired) electrons. The van der Waals surface area contributed by atoms with Crippen LogP contribution < -0.4 is 14.8 Å². The second-order valence-corrected chi connectivity index (χ2v) is 8.50. The summed E-state index contributed by atoms with van der Waals surface area (Å²) in [5.41, 5.74) is 0.421. The number of carbonyl (C=O) groups excluding carboxylic acids is 1. The highest BCUT2D eigenvalue weighted by Gasteiger charge is 2.20. The fraction of sp³-hybridized carbons (Fsp3) is 0.158. The molecule has 2 aromatic carbocycles. The van der Waals surface area contributed by atoms with Gasteiger partial charge in [-0.3, -0.25) is 9.52 Å². The van der Waals surface area contributed by atoms with E-state index in [9.17, 15) is 17.6 Å². The topological polar surface area (TPSA) is 97.4 Å². The van der Waals surface area contributed by atoms with E-state index in [0.717, 1.165) is 0 Å². The van der Waals surface area contributed by atoms with Crippen LogP contribution >= 0.6 is 11.3 Å². The molecule has 3 rings (SSSR count). The van der Waals surface area contributed by atoms with E-state index in [1.54, 1.807) is 12.3 Å². The number of ether oxygens (including phenoxy) is 1. The smallest absolute Gasteiger partial charge is 0.265 e. The quantitative estimate of drug-likeness (QED) is 0.560. The Morgan fingerprint density at radius 1 is 1.17 bits per heavy atom. The number of hydrogen-bond donors (Lipinski definition) is 2. The van der Waals surface area contributed by atoms with Crippen molar-refractivity contribution in [1.82, 2.24) is 4.98 Å². The highest BCUT2D eigenvalue weighted by Crippen LogP contribution is 2.20. The fourth-order valence-corrected chi connectivity index (χ4v) is 4.18. The van der Waals surface area contributed by atoms with Crippen LogP contribution in [0.4, 0.5) is 15.2 Å². The maximum atomic E-state index is 13.0. The van der Waals surface area contributed by atoms with E-state index in [1.165, 1.54) is 66.1 Å². The first-order chi connectivity index (χ1) is 13.9. The molecule has 0 aliphatic heterocycles. The zero-order valence-electron chi connectivity index (χ0n) is 15.3. The van der Waals surface area contributed by atoms with Crippen LogP contribution in [0.2, 0.25) is 0 Å². The fourth-order valence-electron chi connectivity index (χ4n) is 2.39. The summed E-state index contributed by atoms with van der Waals surface area (Å²) < 4.78 is 45.6. The molecule has 1 amide bonds. The van der Waals surface area contributed by atoms with Gasteiger partial charge in [-0.2, -0.15) is 0 Å². The molecule has 1 aromatic heterocycles. The van der Waals surface area contributed by atoms with Gasteiger partial charge in [0.05, 0.1) is 4.90 Å². The third kappa shape index (κ3) is 5.52. The summed E-state index contributed by atoms with van der Waals surface area (Å²) in [7, 11) is -3.76. The number of sulfonamides is 1. The first-order valence-electron chi connectivity index (χ1n) is 8.63. The second-order valence-electron chi connectivity index (χ2n) is 5.93. The van der Waals surface area contributed by atoms with Gasteiger partial charge < -0.3 is 10.1 Å². The van der Waals surface area contributed by atoms with Crippen molar-refractivity contribution in [3.05, 3.63) is 65.9 Å². The summed E-state index contributed by atoms with van der Waals surface area (Å²) in [6.07, 6.45) is 1.11. The minimum atomic E-state index is -3.76. The molecule has 0 aliphatic rings. The van der Waals surface area contributed by atoms with Crippen LogP contribution in [0, 0.1) is 5.82 Å². The summed E-state index contributed by atoms with van der Waals surface area (Å²) in [4.78, 5) is 16.4. The van der Waals surface area contributed by atoms with Crippen LogP contribution in [-0.4, -0.2) is 25.4 Å². The number of nitrogens with one attached hydrogen (secondary N) is 2. The molecule has 0 bridgehead atoms. The Hall–Kier alpha value is -2.98. The SMILES string of the molecule is CC[C@@H](Oc1ccc(F)cc1)C(=O)Nc1ccc(S(=O)(=O)Nc2nccs2)cc1. The summed E-state index contributed by atoms with van der Waals surface area (Å²) in [6, 6.07) is 11.1. The van der Waals surface area contributed by atoms with Crippen LogP contribution in [0.15, 0.2) is 65.0 Å². The Kier molecular flexibility index (Phi) is 6.45. The number of halogens is 1. The van der Waals surface area contributed by atoms with Crippen molar-refractivity contribution in [1.29, 1.82) is 0 Å². The minimum Gasteiger partial charge on any atom is -0.481 e. The van der Waals surface area contributed by atoms with Gasteiger partial charge in [-0.25, -0.2) is 17.8 Å². The molecule has 0 spiro atoms. The van der Waals surface area contributed by atoms with E-state index >= 15 is 0 Å². The first-order valence-corrected chi connectivity index (χ1v) is 11.0. The van der Waals surface area contributed by atoms with Gasteiger partial charge in [0, 0.05) is 17.3 Å². The number of hydrogen-bond acceptors (Lipinski definition) is 6. The Balaban J connectivity index is 1.64. The van der Waals surface area contributed by atoms with E-state index in [4.69, 9.17) is 4.74 Å². The maximum Gasteiger partial charge on any atom is 0.265 e. The molecule has 0 unspecified atom stereocenters. The minimum absolute atomic E-state index is 0.0419. The van der Waals surface area contributed by atoms with Gasteiger partial charge in [0.2, 0.25) is 0 Å². The predicted molar refractivity (Wildman–Crippen MR) is 109 cm³/mol. The molecule has 1 heterocycles. The van der Waals surface area contributed by atoms with E-state index in [-0.39, 0.29) is 10.0 Å². The van der Waals surface area contributed by atoms with Gasteiger partial charge >= 0.3 is 0 Å². The number of carbonyl (C=O) groups is 1. The Morgan fingerprint density at radius 3 is 2.45 bits per heavy atom. The van der Waals surface area contributed by atoms with Crippen LogP contribution in [0.1, 0.15) is 13.3 Å². The van der Waals surface area contributed by atoms with Crippen molar-refractivity contribution >= 4 is 38.1 Å². The van der Waals surface area contributed by atoms with Gasteiger partial charge in [-0.15, -0.1) is 11.3 Å². The number of nitrogens with zero attached hydrogens (tertiary/aromatic N) is 1. The van der Waals surface area contributed by atoms with Gasteiger partial charge in [-0.05, 0) is 55.0 Å². The zero-order valence-corrected chi connectivity index (χ0v) is 17.0. The zero-order chi connectivity index (χ0) is 20.9. The molecule has 2 N–H and O–H groups in total. The van der Waals surface area contributed by atoms with E-state index in [2.05, 4.69) is 15.0 Å². The van der Waals surface area contributed by atoms with E-state index in [1.807, 2.05) is 0 Å². The van der Waals surface area contributed by atoms with Crippen molar-refractivity contribution in [2.45, 2.75) is 24.3 Å². The van der Waals surface area contributed by atoms with Crippen LogP contribution in [0.25, 0.3) is 0 Å². The molecule has 0 saturated heterocycles. The molecule has 7 nitrogen and oxygen atoms in total. The van der Waals surface area contributed by atoms with Crippen LogP contribution in [-0.2, 0) is 14.8 Å². The summed E-state index contributed by atoms with van der Waals surface area (Å²) in [5, 5.41) is 4.62. The number of amides is 1. The summed E-state index contributed by atoms with van der Waals surface area (Å²) >= 11 is 1.17. The first kappa shape index (κ1) is 20.7. The highest BCUT2D eigenvalue weighted by atomic mass is 32.2. The Labute approximate surface area is 171 Å². The normalized spacial score (nSPS) is 12.2. The highest BCUT2D eigenvalue weighted by molar-refractivity contribution is 7.93. The van der Waals surface area contributed by atoms with Crippen molar-refractivity contribution in [3.8, 4) is 5.75 Å². The monoisotopic (exact) mass is 435 g/mol. The molecule has 29 heavy (non-hydrogen) atoms. The summed E-state index contributed by atoms with van der Waals surface area (Å²) in [6.45, 7) is 1.79. The molecule has 0 aliphatic carbocycles. The van der Waals surface area contributed by atoms with Gasteiger partial charge in [-0.1, -0.05) is 6.92 Å². The van der Waals surface area contributed by atoms with Crippen LogP contribution in [0.3, 0.4) is 0 Å². The molecule has 1 atom stereocenters. The van der Waals surface area contributed by atoms with Crippen LogP contribution in [0.5, 0.6) is 5.75 Å². The predicted octanol–water partition coefficient (Wildman–Crippen LogP) is 3.88. The lowest BCUT2D eigenvalue weighted by Crippen LogP contribution is -2.32. The van der Waals surface area contributed by atoms with Crippen molar-refractivity contribution in [3.63, 3.8) is 0 Å². The molecule has 0 saturated carbocycles. The Bertz CT molecular complexity index is 1050. The van der Waals surface area contributed by atoms with E-state index in [0.29, 0.717) is 17.9 Å². The summed E-state index contributed by atoms with van der Waals surface area (Å²) in [5.74, 6) is -0.411. The number of rotatable bonds is 8. The third-order valence-corrected chi connectivity index (χ3v) is 6.01. The lowest BCUT2D eigenvalue weighted by molar-refractivity contribution is -0.122. The maximum absolute atomic E-state index is 13.0. The lowest BCUT2D eigenvalue weighted by Gasteiger charge is -2.17. The molecule has 152 valence electrons. The van der Waals surface area contributed by atoms with Crippen molar-refractivity contribution < 1.29 is 22.3 Å². The van der Waals surface area contributed by atoms with E-state index < -0.39 is 27.9 Å². The molecule has 10 heteroatoms. The molecular formula is C19H18FN3O4S2. The van der Waals surface area contributed by atoms with Crippen molar-refractivity contribution in [2.24, 2.45) is 0 Å². The van der Waals surface area contributed by atoms with Gasteiger partial charge in [0.15, 0.2) is 11.2 Å². The average Bonchev–Trinajstić information content (AvgIpc) is 3.20. The number of anilines is 2. The Morgan fingerprint density at radius 2 is 1.86 bits per heavy atom. The van der Waals surface area contributed by atoms with Gasteiger partial charge in [0.1, 0.15) is 11.6 Å². The number of aromatic nitrogens is 1. The standard InChI is InChI=1S/C19H18FN3O4S2/c1-2-17(27-15-7-3-13(20)4-8-15)18(24)22-14-5-9-16(10-6-14)29(25,26)23-19-21-11-12-28-19/h3-12,17H,2H2,1H3,(H,21,23)(H,22,24)/t17-/m1/s1. The second kappa shape index (κ2) is 9.01. The average molecular weight is 436 g/mol. The van der Waals surface area contributed by atoms with Crippen molar-refractivity contribution in [2.75, 3.05) is 10.0 Å². The lowest BCUT2D eigenvalue weighted by atomic mass is 10.2. The molecular weight excluding hydrogens is 417 g/mol. The molecule has 3 aromatic rings. The largest absolute Gasteiger partial charge is 0.481 e. The number of thiazole rings is 1. The number of benzene rings is 2. The third-order valence-electron chi connectivity index (χ3n) is 3.84.